The smallest absolute Gasteiger partial charge is 0.0493 e. The van der Waals surface area contributed by atoms with E-state index in [4.69, 9.17) is 5.73 Å². The van der Waals surface area contributed by atoms with E-state index in [1.54, 1.807) is 0 Å². The summed E-state index contributed by atoms with van der Waals surface area (Å²) in [7, 11) is 2.23. The third-order valence-electron chi connectivity index (χ3n) is 4.46. The van der Waals surface area contributed by atoms with Crippen LogP contribution in [0.15, 0.2) is 28.7 Å². The lowest BCUT2D eigenvalue weighted by Crippen LogP contribution is -2.39. The van der Waals surface area contributed by atoms with Crippen LogP contribution in [0.3, 0.4) is 0 Å². The molecule has 1 aliphatic carbocycles. The fraction of sp³-hybridized carbons (Fsp3) is 0.647. The van der Waals surface area contributed by atoms with Gasteiger partial charge < -0.3 is 5.73 Å². The summed E-state index contributed by atoms with van der Waals surface area (Å²) in [6.07, 6.45) is 7.00. The fourth-order valence-corrected chi connectivity index (χ4v) is 3.77. The van der Waals surface area contributed by atoms with Crippen molar-refractivity contribution in [2.75, 3.05) is 13.6 Å². The van der Waals surface area contributed by atoms with Crippen LogP contribution in [0, 0.1) is 5.92 Å². The van der Waals surface area contributed by atoms with Crippen LogP contribution in [0.5, 0.6) is 0 Å². The summed E-state index contributed by atoms with van der Waals surface area (Å²) in [5, 5.41) is 0. The Labute approximate surface area is 131 Å². The average Bonchev–Trinajstić information content (AvgIpc) is 2.42. The summed E-state index contributed by atoms with van der Waals surface area (Å²) in [6, 6.07) is 9.05. The molecule has 1 saturated carbocycles. The third-order valence-corrected chi connectivity index (χ3v) is 4.98. The highest BCUT2D eigenvalue weighted by Gasteiger charge is 2.24. The highest BCUT2D eigenvalue weighted by Crippen LogP contribution is 2.29. The van der Waals surface area contributed by atoms with Gasteiger partial charge in [-0.3, -0.25) is 4.90 Å². The number of hydrogen-bond acceptors (Lipinski definition) is 2. The van der Waals surface area contributed by atoms with Crippen LogP contribution >= 0.6 is 15.9 Å². The third kappa shape index (κ3) is 4.31. The minimum atomic E-state index is 0.143. The number of rotatable bonds is 5. The van der Waals surface area contributed by atoms with Crippen LogP contribution in [-0.4, -0.2) is 24.5 Å². The van der Waals surface area contributed by atoms with Gasteiger partial charge in [0.2, 0.25) is 0 Å². The molecule has 0 saturated heterocycles. The molecule has 1 aliphatic rings. The molecule has 2 rings (SSSR count). The van der Waals surface area contributed by atoms with Crippen LogP contribution in [0.25, 0.3) is 0 Å². The van der Waals surface area contributed by atoms with Gasteiger partial charge >= 0.3 is 0 Å². The highest BCUT2D eigenvalue weighted by atomic mass is 79.9. The minimum absolute atomic E-state index is 0.143. The Morgan fingerprint density at radius 3 is 2.35 bits per heavy atom. The molecule has 0 aromatic heterocycles. The highest BCUT2D eigenvalue weighted by molar-refractivity contribution is 9.10. The molecule has 0 bridgehead atoms. The topological polar surface area (TPSA) is 29.3 Å². The first-order valence-corrected chi connectivity index (χ1v) is 8.58. The zero-order valence-corrected chi connectivity index (χ0v) is 14.3. The predicted molar refractivity (Wildman–Crippen MR) is 89.7 cm³/mol. The van der Waals surface area contributed by atoms with Gasteiger partial charge in [-0.15, -0.1) is 0 Å². The van der Waals surface area contributed by atoms with Crippen molar-refractivity contribution in [1.29, 1.82) is 0 Å². The van der Waals surface area contributed by atoms with Crippen molar-refractivity contribution in [3.8, 4) is 0 Å². The summed E-state index contributed by atoms with van der Waals surface area (Å²) in [5.74, 6) is 0.852. The molecule has 2 N–H and O–H groups in total. The maximum Gasteiger partial charge on any atom is 0.0493 e. The van der Waals surface area contributed by atoms with Gasteiger partial charge in [-0.25, -0.2) is 0 Å². The largest absolute Gasteiger partial charge is 0.326 e. The van der Waals surface area contributed by atoms with E-state index < -0.39 is 0 Å². The van der Waals surface area contributed by atoms with Crippen molar-refractivity contribution in [2.24, 2.45) is 11.7 Å². The second-order valence-corrected chi connectivity index (χ2v) is 7.21. The fourth-order valence-electron chi connectivity index (χ4n) is 3.51. The van der Waals surface area contributed by atoms with E-state index >= 15 is 0 Å². The second kappa shape index (κ2) is 7.58. The average molecular weight is 339 g/mol. The molecule has 2 atom stereocenters. The number of hydrogen-bond donors (Lipinski definition) is 1. The summed E-state index contributed by atoms with van der Waals surface area (Å²) < 4.78 is 1.12. The molecule has 112 valence electrons. The van der Waals surface area contributed by atoms with E-state index in [1.807, 2.05) is 0 Å². The van der Waals surface area contributed by atoms with Gasteiger partial charge in [-0.1, -0.05) is 47.3 Å². The van der Waals surface area contributed by atoms with Gasteiger partial charge in [0.15, 0.2) is 0 Å². The number of halogens is 1. The molecule has 1 aromatic rings. The molecule has 1 fully saturated rings. The Morgan fingerprint density at radius 1 is 1.20 bits per heavy atom. The lowest BCUT2D eigenvalue weighted by atomic mass is 9.88. The van der Waals surface area contributed by atoms with Crippen molar-refractivity contribution in [2.45, 2.75) is 51.1 Å². The molecule has 2 unspecified atom stereocenters. The Kier molecular flexibility index (Phi) is 6.06. The van der Waals surface area contributed by atoms with Crippen LogP contribution in [0.2, 0.25) is 0 Å². The molecule has 0 heterocycles. The normalized spacial score (nSPS) is 20.1. The summed E-state index contributed by atoms with van der Waals surface area (Å²) >= 11 is 3.50. The Balaban J connectivity index is 2.05. The van der Waals surface area contributed by atoms with Crippen molar-refractivity contribution in [3.63, 3.8) is 0 Å². The van der Waals surface area contributed by atoms with E-state index in [1.165, 1.54) is 44.2 Å². The molecule has 0 radical (unpaired) electrons. The van der Waals surface area contributed by atoms with Crippen LogP contribution in [0.4, 0.5) is 0 Å². The van der Waals surface area contributed by atoms with Gasteiger partial charge in [-0.2, -0.15) is 0 Å². The van der Waals surface area contributed by atoms with Gasteiger partial charge in [0.25, 0.3) is 0 Å². The van der Waals surface area contributed by atoms with Crippen molar-refractivity contribution in [1.82, 2.24) is 4.90 Å². The van der Waals surface area contributed by atoms with E-state index in [0.29, 0.717) is 6.04 Å². The Hall–Kier alpha value is -0.380. The molecule has 2 nitrogen and oxygen atoms in total. The van der Waals surface area contributed by atoms with E-state index in [-0.39, 0.29) is 6.04 Å². The molecule has 0 spiro atoms. The van der Waals surface area contributed by atoms with Crippen LogP contribution in [0.1, 0.15) is 50.6 Å². The lowest BCUT2D eigenvalue weighted by Gasteiger charge is -2.35. The molecule has 3 heteroatoms. The molecule has 20 heavy (non-hydrogen) atoms. The summed E-state index contributed by atoms with van der Waals surface area (Å²) in [6.45, 7) is 3.28. The monoisotopic (exact) mass is 338 g/mol. The van der Waals surface area contributed by atoms with E-state index in [0.717, 1.165) is 10.4 Å². The summed E-state index contributed by atoms with van der Waals surface area (Å²) in [4.78, 5) is 2.46. The first kappa shape index (κ1) is 16.0. The molecular weight excluding hydrogens is 312 g/mol. The van der Waals surface area contributed by atoms with Gasteiger partial charge in [-0.05, 0) is 50.4 Å². The zero-order chi connectivity index (χ0) is 14.5. The minimum Gasteiger partial charge on any atom is -0.326 e. The van der Waals surface area contributed by atoms with Crippen LogP contribution < -0.4 is 5.73 Å². The number of nitrogens with zero attached hydrogens (tertiary/aromatic N) is 1. The van der Waals surface area contributed by atoms with Crippen molar-refractivity contribution >= 4 is 15.9 Å². The van der Waals surface area contributed by atoms with Gasteiger partial charge in [0, 0.05) is 23.1 Å². The van der Waals surface area contributed by atoms with Crippen molar-refractivity contribution < 1.29 is 0 Å². The first-order valence-electron chi connectivity index (χ1n) is 7.79. The van der Waals surface area contributed by atoms with Crippen molar-refractivity contribution in [3.05, 3.63) is 34.3 Å². The molecular formula is C17H27BrN2. The first-order chi connectivity index (χ1) is 9.58. The Bertz CT molecular complexity index is 396. The number of nitrogens with two attached hydrogens (primary N) is 1. The predicted octanol–water partition coefficient (Wildman–Crippen LogP) is 4.35. The van der Waals surface area contributed by atoms with Crippen LogP contribution in [-0.2, 0) is 0 Å². The lowest BCUT2D eigenvalue weighted by molar-refractivity contribution is 0.166. The second-order valence-electron chi connectivity index (χ2n) is 6.30. The van der Waals surface area contributed by atoms with Gasteiger partial charge in [0.05, 0.1) is 0 Å². The SMILES string of the molecule is CC(N)C(c1ccc(Br)cc1)N(C)CC1CCCCC1. The maximum atomic E-state index is 6.26. The van der Waals surface area contributed by atoms with E-state index in [9.17, 15) is 0 Å². The number of benzene rings is 1. The molecule has 0 amide bonds. The quantitative estimate of drug-likeness (QED) is 0.864. The Morgan fingerprint density at radius 2 is 1.80 bits per heavy atom. The van der Waals surface area contributed by atoms with E-state index in [2.05, 4.69) is 59.1 Å². The van der Waals surface area contributed by atoms with Gasteiger partial charge in [0.1, 0.15) is 0 Å². The number of likely N-dealkylation sites (N-methyl/N-ethyl adjacent to an activating group) is 1. The standard InChI is InChI=1S/C17H27BrN2/c1-13(19)17(15-8-10-16(18)11-9-15)20(2)12-14-6-4-3-5-7-14/h8-11,13-14,17H,3-7,12,19H2,1-2H3. The zero-order valence-electron chi connectivity index (χ0n) is 12.7. The maximum absolute atomic E-state index is 6.26. The molecule has 1 aromatic carbocycles. The summed E-state index contributed by atoms with van der Waals surface area (Å²) in [5.41, 5.74) is 7.58. The molecule has 0 aliphatic heterocycles.